The van der Waals surface area contributed by atoms with Crippen LogP contribution in [0.25, 0.3) is 0 Å². The van der Waals surface area contributed by atoms with Crippen molar-refractivity contribution in [3.05, 3.63) is 34.3 Å². The van der Waals surface area contributed by atoms with E-state index in [1.54, 1.807) is 0 Å². The maximum Gasteiger partial charge on any atom is 0.457 e. The Morgan fingerprint density at radius 2 is 1.76 bits per heavy atom. The van der Waals surface area contributed by atoms with Crippen LogP contribution >= 0.6 is 11.6 Å². The summed E-state index contributed by atoms with van der Waals surface area (Å²) in [6, 6.07) is 6.59. The van der Waals surface area contributed by atoms with E-state index in [1.807, 2.05) is 26.8 Å². The molecule has 0 radical (unpaired) electrons. The van der Waals surface area contributed by atoms with Crippen molar-refractivity contribution < 1.29 is 18.9 Å². The fraction of sp³-hybridized carbons (Fsp3) is 0.750. The summed E-state index contributed by atoms with van der Waals surface area (Å²) in [4.78, 5) is 29.4. The summed E-state index contributed by atoms with van der Waals surface area (Å²) in [6.07, 6.45) is 7.07. The summed E-state index contributed by atoms with van der Waals surface area (Å²) in [6.45, 7) is 17.4. The summed E-state index contributed by atoms with van der Waals surface area (Å²) < 4.78 is 12.4. The highest BCUT2D eigenvalue weighted by Gasteiger charge is 2.52. The Labute approximate surface area is 253 Å². The highest BCUT2D eigenvalue weighted by Crippen LogP contribution is 2.42. The molecule has 0 saturated carbocycles. The molecule has 7 nitrogen and oxygen atoms in total. The lowest BCUT2D eigenvalue weighted by atomic mass is 9.75. The molecule has 0 aromatic heterocycles. The molecule has 2 fully saturated rings. The second-order valence-electron chi connectivity index (χ2n) is 14.5. The molecule has 3 unspecified atom stereocenters. The molecule has 3 aliphatic rings. The van der Waals surface area contributed by atoms with Gasteiger partial charge in [-0.05, 0) is 117 Å². The van der Waals surface area contributed by atoms with E-state index in [1.165, 1.54) is 18.1 Å². The number of halogens is 1. The van der Waals surface area contributed by atoms with Crippen LogP contribution in [0, 0.1) is 5.92 Å². The molecule has 228 valence electrons. The van der Waals surface area contributed by atoms with E-state index in [0.717, 1.165) is 63.0 Å². The maximum atomic E-state index is 14.1. The van der Waals surface area contributed by atoms with Gasteiger partial charge in [-0.1, -0.05) is 30.5 Å². The van der Waals surface area contributed by atoms with Gasteiger partial charge in [0.2, 0.25) is 11.8 Å². The largest absolute Gasteiger partial charge is 0.457 e. The summed E-state index contributed by atoms with van der Waals surface area (Å²) in [5.41, 5.74) is 0.567. The number of rotatable bonds is 9. The van der Waals surface area contributed by atoms with Gasteiger partial charge in [-0.25, -0.2) is 0 Å². The van der Waals surface area contributed by atoms with E-state index in [-0.39, 0.29) is 36.1 Å². The highest BCUT2D eigenvalue weighted by molar-refractivity contribution is 6.45. The molecule has 2 amide bonds. The van der Waals surface area contributed by atoms with Gasteiger partial charge in [0.25, 0.3) is 0 Å². The topological polar surface area (TPSA) is 79.9 Å². The zero-order valence-corrected chi connectivity index (χ0v) is 27.2. The van der Waals surface area contributed by atoms with E-state index in [2.05, 4.69) is 55.4 Å². The van der Waals surface area contributed by atoms with Crippen molar-refractivity contribution in [3.8, 4) is 0 Å². The molecule has 2 aliphatic heterocycles. The highest BCUT2D eigenvalue weighted by atomic mass is 35.5. The Balaban J connectivity index is 1.52. The number of nitrogens with one attached hydrogen (secondary N) is 2. The third kappa shape index (κ3) is 7.31. The predicted molar refractivity (Wildman–Crippen MR) is 166 cm³/mol. The standard InChI is InChI=1S/C32H51BClN3O4/c1-22(38)35-32(28(39)36-29(2,3)4,17-9-10-18-33-40-30(5,6)31(7,8)41-33)24-16-19-37(21-24)27-13-11-12-23-20-25(34)14-15-26(23)27/h14-15,20,24,27H,9-13,16-19,21H2,1-8H3,(H,35,38)(H,36,39). The number of benzene rings is 1. The minimum Gasteiger partial charge on any atom is -0.403 e. The zero-order valence-electron chi connectivity index (χ0n) is 26.5. The third-order valence-corrected chi connectivity index (χ3v) is 9.84. The number of hydrogen-bond acceptors (Lipinski definition) is 5. The van der Waals surface area contributed by atoms with Crippen LogP contribution in [0.5, 0.6) is 0 Å². The molecule has 0 bridgehead atoms. The predicted octanol–water partition coefficient (Wildman–Crippen LogP) is 6.09. The van der Waals surface area contributed by atoms with Gasteiger partial charge < -0.3 is 19.9 Å². The molecule has 0 spiro atoms. The Kier molecular flexibility index (Phi) is 9.60. The quantitative estimate of drug-likeness (QED) is 0.270. The summed E-state index contributed by atoms with van der Waals surface area (Å²) in [5.74, 6) is -0.252. The van der Waals surface area contributed by atoms with Crippen molar-refractivity contribution in [2.75, 3.05) is 13.1 Å². The van der Waals surface area contributed by atoms with Gasteiger partial charge in [0, 0.05) is 36.0 Å². The first-order chi connectivity index (χ1) is 19.0. The average Bonchev–Trinajstić information content (AvgIpc) is 3.41. The van der Waals surface area contributed by atoms with E-state index in [4.69, 9.17) is 20.9 Å². The third-order valence-electron chi connectivity index (χ3n) is 9.60. The van der Waals surface area contributed by atoms with Crippen LogP contribution in [0.4, 0.5) is 0 Å². The molecular formula is C32H51BClN3O4. The van der Waals surface area contributed by atoms with Gasteiger partial charge in [-0.2, -0.15) is 0 Å². The molecule has 1 aromatic carbocycles. The lowest BCUT2D eigenvalue weighted by molar-refractivity contribution is -0.137. The molecule has 1 aromatic rings. The van der Waals surface area contributed by atoms with Crippen LogP contribution in [-0.2, 0) is 25.3 Å². The van der Waals surface area contributed by atoms with Crippen LogP contribution < -0.4 is 10.6 Å². The lowest BCUT2D eigenvalue weighted by Crippen LogP contribution is -2.65. The Bertz CT molecular complexity index is 1100. The van der Waals surface area contributed by atoms with Crippen molar-refractivity contribution in [1.29, 1.82) is 0 Å². The number of carbonyl (C=O) groups is 2. The summed E-state index contributed by atoms with van der Waals surface area (Å²) in [5, 5.41) is 7.22. The number of nitrogens with zero attached hydrogens (tertiary/aromatic N) is 1. The molecule has 9 heteroatoms. The number of aryl methyl sites for hydroxylation is 1. The molecule has 2 heterocycles. The molecule has 41 heavy (non-hydrogen) atoms. The molecule has 2 saturated heterocycles. The van der Waals surface area contributed by atoms with Crippen LogP contribution in [-0.4, -0.2) is 59.2 Å². The second kappa shape index (κ2) is 12.2. The van der Waals surface area contributed by atoms with Crippen LogP contribution in [0.15, 0.2) is 18.2 Å². The van der Waals surface area contributed by atoms with E-state index < -0.39 is 11.1 Å². The van der Waals surface area contributed by atoms with Crippen LogP contribution in [0.3, 0.4) is 0 Å². The minimum absolute atomic E-state index is 0.00303. The number of likely N-dealkylation sites (tertiary alicyclic amines) is 1. The Hall–Kier alpha value is -1.61. The van der Waals surface area contributed by atoms with E-state index >= 15 is 0 Å². The van der Waals surface area contributed by atoms with Gasteiger partial charge >= 0.3 is 7.12 Å². The Morgan fingerprint density at radius 1 is 1.07 bits per heavy atom. The van der Waals surface area contributed by atoms with Crippen molar-refractivity contribution in [1.82, 2.24) is 15.5 Å². The first kappa shape index (κ1) is 32.3. The SMILES string of the molecule is CC(=O)NC(CCCCB1OC(C)(C)C(C)(C)O1)(C(=O)NC(C)(C)C)C1CCN(C2CCCc3cc(Cl)ccc32)C1. The fourth-order valence-electron chi connectivity index (χ4n) is 6.90. The van der Waals surface area contributed by atoms with E-state index in [9.17, 15) is 9.59 Å². The lowest BCUT2D eigenvalue weighted by Gasteiger charge is -2.41. The van der Waals surface area contributed by atoms with Crippen LogP contribution in [0.2, 0.25) is 11.3 Å². The number of hydrogen-bond donors (Lipinski definition) is 2. The number of fused-ring (bicyclic) bond motifs is 1. The first-order valence-electron chi connectivity index (χ1n) is 15.5. The molecule has 2 N–H and O–H groups in total. The minimum atomic E-state index is -0.985. The first-order valence-corrected chi connectivity index (χ1v) is 15.9. The van der Waals surface area contributed by atoms with Gasteiger partial charge in [0.15, 0.2) is 0 Å². The monoisotopic (exact) mass is 587 g/mol. The average molecular weight is 588 g/mol. The number of amides is 2. The van der Waals surface area contributed by atoms with Gasteiger partial charge in [0.1, 0.15) is 5.54 Å². The Morgan fingerprint density at radius 3 is 2.39 bits per heavy atom. The fourth-order valence-corrected chi connectivity index (χ4v) is 7.09. The molecule has 1 aliphatic carbocycles. The van der Waals surface area contributed by atoms with Gasteiger partial charge in [-0.15, -0.1) is 0 Å². The van der Waals surface area contributed by atoms with Crippen LogP contribution in [0.1, 0.15) is 111 Å². The van der Waals surface area contributed by atoms with E-state index in [0.29, 0.717) is 12.5 Å². The molecule has 4 rings (SSSR count). The molecular weight excluding hydrogens is 537 g/mol. The summed E-state index contributed by atoms with van der Waals surface area (Å²) in [7, 11) is -0.264. The number of carbonyl (C=O) groups excluding carboxylic acids is 2. The second-order valence-corrected chi connectivity index (χ2v) is 15.0. The van der Waals surface area contributed by atoms with Crippen molar-refractivity contribution >= 4 is 30.5 Å². The number of unbranched alkanes of at least 4 members (excludes halogenated alkanes) is 1. The summed E-state index contributed by atoms with van der Waals surface area (Å²) >= 11 is 6.32. The van der Waals surface area contributed by atoms with Crippen molar-refractivity contribution in [2.45, 2.75) is 135 Å². The maximum absolute atomic E-state index is 14.1. The van der Waals surface area contributed by atoms with Gasteiger partial charge in [0.05, 0.1) is 11.2 Å². The van der Waals surface area contributed by atoms with Crippen molar-refractivity contribution in [2.24, 2.45) is 5.92 Å². The zero-order chi connectivity index (χ0) is 30.2. The van der Waals surface area contributed by atoms with Crippen molar-refractivity contribution in [3.63, 3.8) is 0 Å². The smallest absolute Gasteiger partial charge is 0.403 e. The van der Waals surface area contributed by atoms with Gasteiger partial charge in [-0.3, -0.25) is 14.5 Å². The normalized spacial score (nSPS) is 25.4. The molecule has 3 atom stereocenters.